The van der Waals surface area contributed by atoms with Gasteiger partial charge in [0.2, 0.25) is 10.0 Å². The Labute approximate surface area is 201 Å². The van der Waals surface area contributed by atoms with Crippen LogP contribution in [0, 0.1) is 0 Å². The Kier molecular flexibility index (Phi) is 6.83. The number of benzene rings is 2. The van der Waals surface area contributed by atoms with Gasteiger partial charge in [0.25, 0.3) is 0 Å². The molecule has 4 rings (SSSR count). The Morgan fingerprint density at radius 2 is 1.75 bits per heavy atom. The lowest BCUT2D eigenvalue weighted by Crippen LogP contribution is -2.48. The van der Waals surface area contributed by atoms with Crippen molar-refractivity contribution in [3.05, 3.63) is 51.8 Å². The summed E-state index contributed by atoms with van der Waals surface area (Å²) in [5.74, 6) is 0.747. The highest BCUT2D eigenvalue weighted by atomic mass is 35.5. The third kappa shape index (κ3) is 4.53. The van der Waals surface area contributed by atoms with Crippen LogP contribution in [0.4, 0.5) is 5.13 Å². The molecule has 32 heavy (non-hydrogen) atoms. The van der Waals surface area contributed by atoms with Crippen molar-refractivity contribution in [2.45, 2.75) is 4.90 Å². The van der Waals surface area contributed by atoms with Gasteiger partial charge in [-0.15, -0.1) is 11.3 Å². The molecular formula is C21H21Cl2N3O4S2. The van der Waals surface area contributed by atoms with Crippen LogP contribution in [0.15, 0.2) is 46.7 Å². The second-order valence-corrected chi connectivity index (χ2v) is 10.6. The van der Waals surface area contributed by atoms with Crippen molar-refractivity contribution in [2.24, 2.45) is 0 Å². The summed E-state index contributed by atoms with van der Waals surface area (Å²) in [6.07, 6.45) is 0. The van der Waals surface area contributed by atoms with E-state index in [-0.39, 0.29) is 10.6 Å². The van der Waals surface area contributed by atoms with Gasteiger partial charge in [-0.3, -0.25) is 0 Å². The van der Waals surface area contributed by atoms with Gasteiger partial charge in [-0.1, -0.05) is 23.2 Å². The van der Waals surface area contributed by atoms with E-state index in [1.807, 2.05) is 11.4 Å². The van der Waals surface area contributed by atoms with E-state index in [9.17, 15) is 8.42 Å². The smallest absolute Gasteiger partial charge is 0.247 e. The molecule has 0 bridgehead atoms. The van der Waals surface area contributed by atoms with E-state index in [0.717, 1.165) is 16.4 Å². The van der Waals surface area contributed by atoms with Crippen molar-refractivity contribution < 1.29 is 17.9 Å². The molecule has 0 amide bonds. The molecule has 0 saturated carbocycles. The number of aromatic nitrogens is 1. The van der Waals surface area contributed by atoms with Gasteiger partial charge in [0.05, 0.1) is 24.9 Å². The third-order valence-electron chi connectivity index (χ3n) is 5.20. The minimum Gasteiger partial charge on any atom is -0.497 e. The topological polar surface area (TPSA) is 72.0 Å². The van der Waals surface area contributed by atoms with E-state index < -0.39 is 10.0 Å². The summed E-state index contributed by atoms with van der Waals surface area (Å²) in [4.78, 5) is 6.88. The lowest BCUT2D eigenvalue weighted by atomic mass is 10.2. The van der Waals surface area contributed by atoms with E-state index in [0.29, 0.717) is 42.0 Å². The second kappa shape index (κ2) is 9.44. The maximum atomic E-state index is 13.3. The molecular weight excluding hydrogens is 493 g/mol. The molecule has 0 unspecified atom stereocenters. The van der Waals surface area contributed by atoms with Crippen LogP contribution in [0.25, 0.3) is 11.3 Å². The number of hydrogen-bond acceptors (Lipinski definition) is 7. The van der Waals surface area contributed by atoms with Crippen LogP contribution in [0.1, 0.15) is 0 Å². The number of ether oxygens (including phenoxy) is 2. The van der Waals surface area contributed by atoms with Crippen LogP contribution in [-0.2, 0) is 10.0 Å². The number of nitrogens with zero attached hydrogens (tertiary/aromatic N) is 3. The fourth-order valence-corrected chi connectivity index (χ4v) is 6.45. The van der Waals surface area contributed by atoms with Crippen LogP contribution >= 0.6 is 34.5 Å². The average Bonchev–Trinajstić information content (AvgIpc) is 3.28. The summed E-state index contributed by atoms with van der Waals surface area (Å²) < 4.78 is 38.5. The number of halogens is 2. The van der Waals surface area contributed by atoms with Gasteiger partial charge in [-0.2, -0.15) is 4.31 Å². The van der Waals surface area contributed by atoms with Crippen molar-refractivity contribution in [3.8, 4) is 22.8 Å². The zero-order valence-corrected chi connectivity index (χ0v) is 20.6. The highest BCUT2D eigenvalue weighted by Crippen LogP contribution is 2.35. The van der Waals surface area contributed by atoms with Crippen molar-refractivity contribution in [1.82, 2.24) is 9.29 Å². The molecule has 2 heterocycles. The maximum absolute atomic E-state index is 13.3. The molecule has 0 aliphatic carbocycles. The van der Waals surface area contributed by atoms with Crippen LogP contribution in [0.5, 0.6) is 11.5 Å². The van der Waals surface area contributed by atoms with Gasteiger partial charge in [0.15, 0.2) is 5.13 Å². The van der Waals surface area contributed by atoms with Crippen molar-refractivity contribution in [3.63, 3.8) is 0 Å². The van der Waals surface area contributed by atoms with Crippen molar-refractivity contribution in [2.75, 3.05) is 45.3 Å². The first kappa shape index (κ1) is 23.1. The zero-order valence-electron chi connectivity index (χ0n) is 17.4. The number of hydrogen-bond donors (Lipinski definition) is 0. The summed E-state index contributed by atoms with van der Waals surface area (Å²) in [6, 6.07) is 10.1. The Bertz CT molecular complexity index is 1230. The number of anilines is 1. The van der Waals surface area contributed by atoms with E-state index in [1.165, 1.54) is 35.9 Å². The SMILES string of the molecule is COc1ccc(OC)c(S(=O)(=O)N2CCN(c3nc(-c4ccc(Cl)cc4Cl)cs3)CC2)c1. The molecule has 1 saturated heterocycles. The molecule has 170 valence electrons. The molecule has 2 aromatic carbocycles. The van der Waals surface area contributed by atoms with E-state index >= 15 is 0 Å². The molecule has 1 fully saturated rings. The van der Waals surface area contributed by atoms with Crippen LogP contribution < -0.4 is 14.4 Å². The van der Waals surface area contributed by atoms with E-state index in [1.54, 1.807) is 24.3 Å². The van der Waals surface area contributed by atoms with Crippen LogP contribution in [0.3, 0.4) is 0 Å². The minimum atomic E-state index is -3.74. The van der Waals surface area contributed by atoms with Crippen LogP contribution in [-0.4, -0.2) is 58.1 Å². The number of methoxy groups -OCH3 is 2. The number of rotatable bonds is 6. The molecule has 0 spiro atoms. The Balaban J connectivity index is 1.50. The van der Waals surface area contributed by atoms with Crippen molar-refractivity contribution in [1.29, 1.82) is 0 Å². The molecule has 1 aliphatic heterocycles. The van der Waals surface area contributed by atoms with Gasteiger partial charge in [0.1, 0.15) is 16.4 Å². The number of sulfonamides is 1. The predicted octanol–water partition coefficient (Wildman–Crippen LogP) is 4.65. The lowest BCUT2D eigenvalue weighted by Gasteiger charge is -2.34. The molecule has 0 atom stereocenters. The Morgan fingerprint density at radius 1 is 1.00 bits per heavy atom. The summed E-state index contributed by atoms with van der Waals surface area (Å²) >= 11 is 13.8. The monoisotopic (exact) mass is 513 g/mol. The van der Waals surface area contributed by atoms with E-state index in [4.69, 9.17) is 37.7 Å². The highest BCUT2D eigenvalue weighted by Gasteiger charge is 2.32. The van der Waals surface area contributed by atoms with E-state index in [2.05, 4.69) is 4.90 Å². The van der Waals surface area contributed by atoms with Gasteiger partial charge in [0, 0.05) is 48.2 Å². The summed E-state index contributed by atoms with van der Waals surface area (Å²) in [6.45, 7) is 1.71. The van der Waals surface area contributed by atoms with Crippen molar-refractivity contribution >= 4 is 49.7 Å². The molecule has 1 aliphatic rings. The summed E-state index contributed by atoms with van der Waals surface area (Å²) in [7, 11) is -0.789. The number of thiazole rings is 1. The molecule has 11 heteroatoms. The van der Waals surface area contributed by atoms with Gasteiger partial charge in [-0.05, 0) is 30.3 Å². The highest BCUT2D eigenvalue weighted by molar-refractivity contribution is 7.89. The standard InChI is InChI=1S/C21H21Cl2N3O4S2/c1-29-15-4-6-19(30-2)20(12-15)32(27,28)26-9-7-25(8-10-26)21-24-18(13-31-21)16-5-3-14(22)11-17(16)23/h3-6,11-13H,7-10H2,1-2H3. The van der Waals surface area contributed by atoms with Gasteiger partial charge in [-0.25, -0.2) is 13.4 Å². The molecule has 7 nitrogen and oxygen atoms in total. The summed E-state index contributed by atoms with van der Waals surface area (Å²) in [5.41, 5.74) is 1.58. The van der Waals surface area contributed by atoms with Crippen LogP contribution in [0.2, 0.25) is 10.0 Å². The summed E-state index contributed by atoms with van der Waals surface area (Å²) in [5, 5.41) is 3.87. The second-order valence-electron chi connectivity index (χ2n) is 7.05. The lowest BCUT2D eigenvalue weighted by molar-refractivity contribution is 0.370. The Hall–Kier alpha value is -2.04. The first-order chi connectivity index (χ1) is 15.3. The van der Waals surface area contributed by atoms with Gasteiger partial charge < -0.3 is 14.4 Å². The third-order valence-corrected chi connectivity index (χ3v) is 8.57. The maximum Gasteiger partial charge on any atom is 0.247 e. The normalized spacial score (nSPS) is 15.1. The first-order valence-corrected chi connectivity index (χ1v) is 12.8. The average molecular weight is 514 g/mol. The molecule has 1 aromatic heterocycles. The zero-order chi connectivity index (χ0) is 22.9. The minimum absolute atomic E-state index is 0.0988. The molecule has 3 aromatic rings. The largest absolute Gasteiger partial charge is 0.497 e. The fourth-order valence-electron chi connectivity index (χ4n) is 3.47. The first-order valence-electron chi connectivity index (χ1n) is 9.71. The van der Waals surface area contributed by atoms with Gasteiger partial charge >= 0.3 is 0 Å². The quantitative estimate of drug-likeness (QED) is 0.477. The number of piperazine rings is 1. The predicted molar refractivity (Wildman–Crippen MR) is 128 cm³/mol. The fraction of sp³-hybridized carbons (Fsp3) is 0.286. The molecule has 0 radical (unpaired) electrons. The molecule has 0 N–H and O–H groups in total. The Morgan fingerprint density at radius 3 is 2.41 bits per heavy atom.